The summed E-state index contributed by atoms with van der Waals surface area (Å²) in [5, 5.41) is 9.21. The smallest absolute Gasteiger partial charge is 0.223 e. The van der Waals surface area contributed by atoms with Crippen LogP contribution in [0, 0.1) is 5.92 Å². The highest BCUT2D eigenvalue weighted by Gasteiger charge is 2.32. The van der Waals surface area contributed by atoms with E-state index in [1.807, 2.05) is 29.2 Å². The predicted octanol–water partition coefficient (Wildman–Crippen LogP) is 1.32. The van der Waals surface area contributed by atoms with E-state index >= 15 is 0 Å². The third kappa shape index (κ3) is 3.54. The van der Waals surface area contributed by atoms with Crippen molar-refractivity contribution in [1.29, 1.82) is 0 Å². The fourth-order valence-electron chi connectivity index (χ4n) is 2.92. The second kappa shape index (κ2) is 7.43. The molecule has 1 aromatic carbocycles. The summed E-state index contributed by atoms with van der Waals surface area (Å²) in [6.45, 7) is 1.04. The summed E-state index contributed by atoms with van der Waals surface area (Å²) in [5.41, 5.74) is 6.63. The second-order valence-corrected chi connectivity index (χ2v) is 5.48. The molecule has 0 radical (unpaired) electrons. The highest BCUT2D eigenvalue weighted by Crippen LogP contribution is 2.37. The molecule has 2 rings (SSSR count). The van der Waals surface area contributed by atoms with E-state index in [4.69, 9.17) is 10.5 Å². The Bertz CT molecular complexity index is 474. The van der Waals surface area contributed by atoms with Gasteiger partial charge in [0.15, 0.2) is 0 Å². The molecule has 1 aliphatic heterocycles. The lowest BCUT2D eigenvalue weighted by Crippen LogP contribution is -2.34. The summed E-state index contributed by atoms with van der Waals surface area (Å²) in [6, 6.07) is 7.90. The number of aliphatic hydroxyl groups excluding tert-OH is 1. The van der Waals surface area contributed by atoms with Gasteiger partial charge in [0.05, 0.1) is 13.2 Å². The number of aliphatic hydroxyl groups is 1. The van der Waals surface area contributed by atoms with Gasteiger partial charge in [0.2, 0.25) is 5.91 Å². The summed E-state index contributed by atoms with van der Waals surface area (Å²) < 4.78 is 5.41. The van der Waals surface area contributed by atoms with Crippen LogP contribution in [0.15, 0.2) is 24.3 Å². The predicted molar refractivity (Wildman–Crippen MR) is 80.9 cm³/mol. The zero-order valence-electron chi connectivity index (χ0n) is 12.5. The van der Waals surface area contributed by atoms with Gasteiger partial charge in [0, 0.05) is 31.1 Å². The Balaban J connectivity index is 2.14. The van der Waals surface area contributed by atoms with E-state index in [-0.39, 0.29) is 24.5 Å². The Morgan fingerprint density at radius 3 is 2.95 bits per heavy atom. The lowest BCUT2D eigenvalue weighted by Gasteiger charge is -2.27. The van der Waals surface area contributed by atoms with E-state index < -0.39 is 0 Å². The molecule has 116 valence electrons. The summed E-state index contributed by atoms with van der Waals surface area (Å²) in [5.74, 6) is 0.726. The molecule has 0 spiro atoms. The minimum Gasteiger partial charge on any atom is -0.496 e. The summed E-state index contributed by atoms with van der Waals surface area (Å²) >= 11 is 0. The van der Waals surface area contributed by atoms with Crippen LogP contribution in [-0.4, -0.2) is 42.7 Å². The van der Waals surface area contributed by atoms with Gasteiger partial charge in [-0.25, -0.2) is 0 Å². The van der Waals surface area contributed by atoms with Crippen molar-refractivity contribution < 1.29 is 14.6 Å². The van der Waals surface area contributed by atoms with Gasteiger partial charge in [-0.05, 0) is 25.5 Å². The first kappa shape index (κ1) is 15.8. The number of likely N-dealkylation sites (tertiary alicyclic amines) is 1. The lowest BCUT2D eigenvalue weighted by molar-refractivity contribution is -0.133. The van der Waals surface area contributed by atoms with Crippen LogP contribution in [0.2, 0.25) is 0 Å². The average Bonchev–Trinajstić information content (AvgIpc) is 3.01. The molecule has 5 nitrogen and oxygen atoms in total. The average molecular weight is 292 g/mol. The Labute approximate surface area is 125 Å². The van der Waals surface area contributed by atoms with Gasteiger partial charge in [0.1, 0.15) is 5.75 Å². The largest absolute Gasteiger partial charge is 0.496 e. The summed E-state index contributed by atoms with van der Waals surface area (Å²) in [6.07, 6.45) is 2.23. The van der Waals surface area contributed by atoms with E-state index in [0.29, 0.717) is 13.0 Å². The molecule has 0 saturated carbocycles. The third-order valence-corrected chi connectivity index (χ3v) is 4.13. The van der Waals surface area contributed by atoms with Crippen molar-refractivity contribution in [3.63, 3.8) is 0 Å². The lowest BCUT2D eigenvalue weighted by atomic mass is 10.0. The number of methoxy groups -OCH3 is 1. The van der Waals surface area contributed by atoms with Crippen molar-refractivity contribution in [2.24, 2.45) is 11.7 Å². The molecule has 5 heteroatoms. The fourth-order valence-corrected chi connectivity index (χ4v) is 2.92. The molecule has 1 aliphatic rings. The van der Waals surface area contributed by atoms with Crippen LogP contribution in [0.25, 0.3) is 0 Å². The molecule has 0 aromatic heterocycles. The highest BCUT2D eigenvalue weighted by molar-refractivity contribution is 5.77. The number of hydrogen-bond acceptors (Lipinski definition) is 4. The molecule has 3 N–H and O–H groups in total. The first-order valence-corrected chi connectivity index (χ1v) is 7.44. The molecular formula is C16H24N2O3. The van der Waals surface area contributed by atoms with Crippen molar-refractivity contribution in [3.05, 3.63) is 29.8 Å². The number of nitrogens with zero attached hydrogens (tertiary/aromatic N) is 1. The Kier molecular flexibility index (Phi) is 5.59. The van der Waals surface area contributed by atoms with E-state index in [9.17, 15) is 9.90 Å². The summed E-state index contributed by atoms with van der Waals surface area (Å²) in [4.78, 5) is 14.4. The number of ether oxygens (including phenoxy) is 1. The molecule has 2 atom stereocenters. The monoisotopic (exact) mass is 292 g/mol. The first-order valence-electron chi connectivity index (χ1n) is 7.44. The van der Waals surface area contributed by atoms with Gasteiger partial charge in [-0.3, -0.25) is 4.79 Å². The molecule has 0 unspecified atom stereocenters. The van der Waals surface area contributed by atoms with Crippen LogP contribution in [-0.2, 0) is 4.79 Å². The fraction of sp³-hybridized carbons (Fsp3) is 0.562. The van der Waals surface area contributed by atoms with Crippen molar-refractivity contribution in [3.8, 4) is 5.75 Å². The Morgan fingerprint density at radius 2 is 2.29 bits per heavy atom. The van der Waals surface area contributed by atoms with E-state index in [2.05, 4.69) is 0 Å². The van der Waals surface area contributed by atoms with E-state index in [0.717, 1.165) is 30.7 Å². The SMILES string of the molecule is COc1ccccc1[C@H]1CCCN1C(=O)C[C@@H](CN)CO. The molecule has 1 aromatic rings. The zero-order chi connectivity index (χ0) is 15.2. The minimum atomic E-state index is -0.156. The number of benzene rings is 1. The van der Waals surface area contributed by atoms with Gasteiger partial charge < -0.3 is 20.5 Å². The molecule has 0 aliphatic carbocycles. The van der Waals surface area contributed by atoms with Crippen molar-refractivity contribution in [2.45, 2.75) is 25.3 Å². The molecule has 1 saturated heterocycles. The van der Waals surface area contributed by atoms with Crippen molar-refractivity contribution in [2.75, 3.05) is 26.8 Å². The zero-order valence-corrected chi connectivity index (χ0v) is 12.5. The standard InChI is InChI=1S/C16H24N2O3/c1-21-15-7-3-2-5-13(15)14-6-4-8-18(14)16(20)9-12(10-17)11-19/h2-3,5,7,12,14,19H,4,6,8-11,17H2,1H3/t12-,14+/m0/s1. The van der Waals surface area contributed by atoms with Crippen molar-refractivity contribution >= 4 is 5.91 Å². The van der Waals surface area contributed by atoms with Gasteiger partial charge in [-0.15, -0.1) is 0 Å². The van der Waals surface area contributed by atoms with Crippen LogP contribution in [0.3, 0.4) is 0 Å². The van der Waals surface area contributed by atoms with Crippen LogP contribution >= 0.6 is 0 Å². The Hall–Kier alpha value is -1.59. The van der Waals surface area contributed by atoms with Gasteiger partial charge >= 0.3 is 0 Å². The summed E-state index contributed by atoms with van der Waals surface area (Å²) in [7, 11) is 1.65. The molecule has 1 heterocycles. The number of amides is 1. The van der Waals surface area contributed by atoms with E-state index in [1.54, 1.807) is 7.11 Å². The normalized spacial score (nSPS) is 19.6. The third-order valence-electron chi connectivity index (χ3n) is 4.13. The second-order valence-electron chi connectivity index (χ2n) is 5.48. The molecule has 0 bridgehead atoms. The number of rotatable bonds is 6. The number of hydrogen-bond donors (Lipinski definition) is 2. The maximum absolute atomic E-state index is 12.5. The quantitative estimate of drug-likeness (QED) is 0.829. The number of carbonyl (C=O) groups excluding carboxylic acids is 1. The maximum Gasteiger partial charge on any atom is 0.223 e. The topological polar surface area (TPSA) is 75.8 Å². The van der Waals surface area contributed by atoms with Crippen LogP contribution in [0.1, 0.15) is 30.9 Å². The molecular weight excluding hydrogens is 268 g/mol. The Morgan fingerprint density at radius 1 is 1.52 bits per heavy atom. The maximum atomic E-state index is 12.5. The first-order chi connectivity index (χ1) is 10.2. The van der Waals surface area contributed by atoms with Gasteiger partial charge in [0.25, 0.3) is 0 Å². The molecule has 1 amide bonds. The van der Waals surface area contributed by atoms with E-state index in [1.165, 1.54) is 0 Å². The number of carbonyl (C=O) groups is 1. The molecule has 21 heavy (non-hydrogen) atoms. The number of nitrogens with two attached hydrogens (primary N) is 1. The molecule has 1 fully saturated rings. The van der Waals surface area contributed by atoms with Crippen LogP contribution < -0.4 is 10.5 Å². The van der Waals surface area contributed by atoms with Crippen LogP contribution in [0.4, 0.5) is 0 Å². The minimum absolute atomic E-state index is 0.0462. The van der Waals surface area contributed by atoms with Crippen molar-refractivity contribution in [1.82, 2.24) is 4.90 Å². The van der Waals surface area contributed by atoms with Crippen LogP contribution in [0.5, 0.6) is 5.75 Å². The van der Waals surface area contributed by atoms with Gasteiger partial charge in [-0.2, -0.15) is 0 Å². The number of para-hydroxylation sites is 1. The van der Waals surface area contributed by atoms with Gasteiger partial charge in [-0.1, -0.05) is 18.2 Å². The highest BCUT2D eigenvalue weighted by atomic mass is 16.5.